The molecule has 0 saturated carbocycles. The van der Waals surface area contributed by atoms with Crippen LogP contribution in [0.5, 0.6) is 11.5 Å². The molecule has 1 saturated heterocycles. The Kier molecular flexibility index (Phi) is 7.87. The first-order valence-corrected chi connectivity index (χ1v) is 10.4. The minimum atomic E-state index is -0.178. The van der Waals surface area contributed by atoms with Crippen LogP contribution >= 0.6 is 0 Å². The number of nitrogens with zero attached hydrogens (tertiary/aromatic N) is 1. The molecule has 6 heteroatoms. The molecule has 1 N–H and O–H groups in total. The number of hydrogen-bond acceptors (Lipinski definition) is 5. The molecule has 1 aliphatic heterocycles. The summed E-state index contributed by atoms with van der Waals surface area (Å²) < 4.78 is 17.5. The van der Waals surface area contributed by atoms with Crippen molar-refractivity contribution in [1.82, 2.24) is 10.3 Å². The molecule has 6 nitrogen and oxygen atoms in total. The molecule has 2 heterocycles. The summed E-state index contributed by atoms with van der Waals surface area (Å²) in [5, 5.41) is 3.16. The molecule has 1 aromatic heterocycles. The zero-order valence-electron chi connectivity index (χ0n) is 17.2. The lowest BCUT2D eigenvalue weighted by molar-refractivity contribution is -0.00953. The standard InChI is InChI=1S/C23H30N2O4/c1-3-13-27-18-7-8-19(21(16-18)28-14-4-2)23(26)25-20-6-5-15-29-22(20)17-9-11-24-12-10-17/h7-12,16,20,22H,3-6,13-15H2,1-2H3,(H,25,26)/t20-,22+/m0/s1. The van der Waals surface area contributed by atoms with Crippen LogP contribution < -0.4 is 14.8 Å². The summed E-state index contributed by atoms with van der Waals surface area (Å²) in [5.41, 5.74) is 1.54. The van der Waals surface area contributed by atoms with Crippen molar-refractivity contribution in [3.05, 3.63) is 53.9 Å². The first kappa shape index (κ1) is 21.1. The maximum atomic E-state index is 13.1. The van der Waals surface area contributed by atoms with Gasteiger partial charge in [-0.05, 0) is 55.5 Å². The van der Waals surface area contributed by atoms with Crippen LogP contribution in [0.15, 0.2) is 42.7 Å². The first-order chi connectivity index (χ1) is 14.2. The number of aromatic nitrogens is 1. The van der Waals surface area contributed by atoms with Crippen molar-refractivity contribution in [2.24, 2.45) is 0 Å². The lowest BCUT2D eigenvalue weighted by Crippen LogP contribution is -2.42. The molecule has 29 heavy (non-hydrogen) atoms. The van der Waals surface area contributed by atoms with Crippen LogP contribution in [0.3, 0.4) is 0 Å². The molecule has 156 valence electrons. The first-order valence-electron chi connectivity index (χ1n) is 10.4. The maximum Gasteiger partial charge on any atom is 0.255 e. The normalized spacial score (nSPS) is 18.8. The van der Waals surface area contributed by atoms with Gasteiger partial charge in [0.15, 0.2) is 0 Å². The van der Waals surface area contributed by atoms with E-state index in [1.165, 1.54) is 0 Å². The fraction of sp³-hybridized carbons (Fsp3) is 0.478. The zero-order valence-corrected chi connectivity index (χ0v) is 17.2. The maximum absolute atomic E-state index is 13.1. The van der Waals surface area contributed by atoms with E-state index in [1.54, 1.807) is 24.5 Å². The van der Waals surface area contributed by atoms with Crippen molar-refractivity contribution in [2.45, 2.75) is 51.7 Å². The molecule has 0 unspecified atom stereocenters. The lowest BCUT2D eigenvalue weighted by Gasteiger charge is -2.32. The van der Waals surface area contributed by atoms with E-state index in [9.17, 15) is 4.79 Å². The Morgan fingerprint density at radius 3 is 2.66 bits per heavy atom. The Morgan fingerprint density at radius 1 is 1.14 bits per heavy atom. The molecular formula is C23H30N2O4. The van der Waals surface area contributed by atoms with Crippen LogP contribution in [0.4, 0.5) is 0 Å². The second-order valence-corrected chi connectivity index (χ2v) is 7.15. The van der Waals surface area contributed by atoms with Crippen molar-refractivity contribution in [1.29, 1.82) is 0 Å². The van der Waals surface area contributed by atoms with Gasteiger partial charge in [0.2, 0.25) is 0 Å². The van der Waals surface area contributed by atoms with E-state index in [4.69, 9.17) is 14.2 Å². The molecule has 2 atom stereocenters. The molecular weight excluding hydrogens is 368 g/mol. The predicted octanol–water partition coefficient (Wildman–Crippen LogP) is 4.31. The minimum Gasteiger partial charge on any atom is -0.493 e. The molecule has 2 aromatic rings. The molecule has 0 aliphatic carbocycles. The van der Waals surface area contributed by atoms with Crippen LogP contribution in [-0.4, -0.2) is 36.8 Å². The highest BCUT2D eigenvalue weighted by atomic mass is 16.5. The summed E-state index contributed by atoms with van der Waals surface area (Å²) in [6, 6.07) is 9.17. The Morgan fingerprint density at radius 2 is 1.90 bits per heavy atom. The Bertz CT molecular complexity index is 782. The number of rotatable bonds is 9. The molecule has 0 bridgehead atoms. The minimum absolute atomic E-state index is 0.103. The third-order valence-electron chi connectivity index (χ3n) is 4.81. The third-order valence-corrected chi connectivity index (χ3v) is 4.81. The summed E-state index contributed by atoms with van der Waals surface area (Å²) in [5.74, 6) is 1.10. The van der Waals surface area contributed by atoms with E-state index >= 15 is 0 Å². The van der Waals surface area contributed by atoms with Gasteiger partial charge in [-0.1, -0.05) is 13.8 Å². The Hall–Kier alpha value is -2.60. The molecule has 3 rings (SSSR count). The van der Waals surface area contributed by atoms with Crippen LogP contribution in [0.2, 0.25) is 0 Å². The number of hydrogen-bond donors (Lipinski definition) is 1. The Balaban J connectivity index is 1.77. The van der Waals surface area contributed by atoms with Crippen molar-refractivity contribution in [3.8, 4) is 11.5 Å². The smallest absolute Gasteiger partial charge is 0.255 e. The second kappa shape index (κ2) is 10.8. The van der Waals surface area contributed by atoms with E-state index in [0.29, 0.717) is 36.9 Å². The van der Waals surface area contributed by atoms with Gasteiger partial charge in [0.05, 0.1) is 24.8 Å². The fourth-order valence-electron chi connectivity index (χ4n) is 3.39. The number of benzene rings is 1. The summed E-state index contributed by atoms with van der Waals surface area (Å²) in [6.07, 6.45) is 6.88. The van der Waals surface area contributed by atoms with Crippen LogP contribution in [-0.2, 0) is 4.74 Å². The summed E-state index contributed by atoms with van der Waals surface area (Å²) in [4.78, 5) is 17.2. The molecule has 1 aliphatic rings. The number of nitrogens with one attached hydrogen (secondary N) is 1. The largest absolute Gasteiger partial charge is 0.493 e. The lowest BCUT2D eigenvalue weighted by atomic mass is 9.96. The van der Waals surface area contributed by atoms with Crippen molar-refractivity contribution in [2.75, 3.05) is 19.8 Å². The molecule has 1 aromatic carbocycles. The summed E-state index contributed by atoms with van der Waals surface area (Å²) in [6.45, 7) is 5.96. The number of carbonyl (C=O) groups excluding carboxylic acids is 1. The number of carbonyl (C=O) groups is 1. The average molecular weight is 399 g/mol. The van der Waals surface area contributed by atoms with Gasteiger partial charge < -0.3 is 19.5 Å². The van der Waals surface area contributed by atoms with E-state index in [-0.39, 0.29) is 18.1 Å². The highest BCUT2D eigenvalue weighted by molar-refractivity contribution is 5.97. The molecule has 1 amide bonds. The highest BCUT2D eigenvalue weighted by Gasteiger charge is 2.29. The van der Waals surface area contributed by atoms with Gasteiger partial charge in [-0.2, -0.15) is 0 Å². The van der Waals surface area contributed by atoms with Gasteiger partial charge in [0.1, 0.15) is 17.6 Å². The topological polar surface area (TPSA) is 69.7 Å². The second-order valence-electron chi connectivity index (χ2n) is 7.15. The molecule has 0 spiro atoms. The Labute approximate surface area is 172 Å². The third kappa shape index (κ3) is 5.70. The SMILES string of the molecule is CCCOc1ccc(C(=O)N[C@H]2CCCO[C@@H]2c2ccncc2)c(OCCC)c1. The van der Waals surface area contributed by atoms with Crippen molar-refractivity contribution in [3.63, 3.8) is 0 Å². The predicted molar refractivity (Wildman–Crippen MR) is 111 cm³/mol. The van der Waals surface area contributed by atoms with Gasteiger partial charge in [-0.15, -0.1) is 0 Å². The monoisotopic (exact) mass is 398 g/mol. The number of amides is 1. The summed E-state index contributed by atoms with van der Waals surface area (Å²) >= 11 is 0. The fourth-order valence-corrected chi connectivity index (χ4v) is 3.39. The van der Waals surface area contributed by atoms with E-state index < -0.39 is 0 Å². The van der Waals surface area contributed by atoms with Crippen LogP contribution in [0.25, 0.3) is 0 Å². The average Bonchev–Trinajstić information content (AvgIpc) is 2.77. The summed E-state index contributed by atoms with van der Waals surface area (Å²) in [7, 11) is 0. The van der Waals surface area contributed by atoms with Gasteiger partial charge in [0, 0.05) is 25.1 Å². The van der Waals surface area contributed by atoms with Gasteiger partial charge in [-0.25, -0.2) is 0 Å². The number of pyridine rings is 1. The van der Waals surface area contributed by atoms with Crippen molar-refractivity contribution >= 4 is 5.91 Å². The quantitative estimate of drug-likeness (QED) is 0.682. The highest BCUT2D eigenvalue weighted by Crippen LogP contribution is 2.30. The van der Waals surface area contributed by atoms with Gasteiger partial charge >= 0.3 is 0 Å². The molecule has 1 fully saturated rings. The molecule has 0 radical (unpaired) electrons. The van der Waals surface area contributed by atoms with Crippen molar-refractivity contribution < 1.29 is 19.0 Å². The van der Waals surface area contributed by atoms with E-state index in [1.807, 2.05) is 25.1 Å². The van der Waals surface area contributed by atoms with E-state index in [0.717, 1.165) is 31.2 Å². The van der Waals surface area contributed by atoms with Crippen LogP contribution in [0.1, 0.15) is 61.6 Å². The van der Waals surface area contributed by atoms with E-state index in [2.05, 4.69) is 17.2 Å². The van der Waals surface area contributed by atoms with Gasteiger partial charge in [0.25, 0.3) is 5.91 Å². The number of ether oxygens (including phenoxy) is 3. The van der Waals surface area contributed by atoms with Crippen LogP contribution in [0, 0.1) is 0 Å². The van der Waals surface area contributed by atoms with Gasteiger partial charge in [-0.3, -0.25) is 9.78 Å². The zero-order chi connectivity index (χ0) is 20.5.